The van der Waals surface area contributed by atoms with Crippen LogP contribution in [0, 0.1) is 0 Å². The normalized spacial score (nSPS) is 20.0. The summed E-state index contributed by atoms with van der Waals surface area (Å²) in [7, 11) is 0. The number of allylic oxidation sites excluding steroid dienone is 1. The monoisotopic (exact) mass is 153 g/mol. The highest BCUT2D eigenvalue weighted by Crippen LogP contribution is 2.22. The lowest BCUT2D eigenvalue weighted by molar-refractivity contribution is 0.591. The Morgan fingerprint density at radius 2 is 2.45 bits per heavy atom. The predicted molar refractivity (Wildman–Crippen MR) is 49.4 cm³/mol. The average Bonchev–Trinajstić information content (AvgIpc) is 2.40. The quantitative estimate of drug-likeness (QED) is 0.617. The van der Waals surface area contributed by atoms with Gasteiger partial charge in [-0.25, -0.2) is 0 Å². The van der Waals surface area contributed by atoms with Crippen molar-refractivity contribution in [3.8, 4) is 0 Å². The van der Waals surface area contributed by atoms with Crippen molar-refractivity contribution < 1.29 is 0 Å². The first-order valence-electron chi connectivity index (χ1n) is 4.76. The van der Waals surface area contributed by atoms with E-state index in [2.05, 4.69) is 13.0 Å². The molecule has 1 unspecified atom stereocenters. The van der Waals surface area contributed by atoms with Crippen molar-refractivity contribution in [2.24, 2.45) is 5.73 Å². The van der Waals surface area contributed by atoms with Gasteiger partial charge >= 0.3 is 0 Å². The van der Waals surface area contributed by atoms with Crippen LogP contribution in [-0.2, 0) is 0 Å². The lowest BCUT2D eigenvalue weighted by Gasteiger charge is -2.10. The summed E-state index contributed by atoms with van der Waals surface area (Å²) in [5, 5.41) is 0. The summed E-state index contributed by atoms with van der Waals surface area (Å²) in [6, 6.07) is 0.421. The molecule has 0 saturated heterocycles. The molecule has 0 bridgehead atoms. The second-order valence-electron chi connectivity index (χ2n) is 3.51. The van der Waals surface area contributed by atoms with Crippen molar-refractivity contribution in [2.75, 3.05) is 0 Å². The van der Waals surface area contributed by atoms with Crippen LogP contribution in [0.2, 0.25) is 0 Å². The van der Waals surface area contributed by atoms with Crippen LogP contribution in [-0.4, -0.2) is 6.04 Å². The van der Waals surface area contributed by atoms with E-state index in [1.807, 2.05) is 0 Å². The second-order valence-corrected chi connectivity index (χ2v) is 3.51. The van der Waals surface area contributed by atoms with Gasteiger partial charge in [0.15, 0.2) is 0 Å². The number of nitrogens with two attached hydrogens (primary N) is 1. The minimum absolute atomic E-state index is 0.421. The standard InChI is InChI=1S/C10H19N/c1-2-5-10(11)8-9-6-3-4-7-9/h6,10H,2-5,7-8,11H2,1H3. The summed E-state index contributed by atoms with van der Waals surface area (Å²) in [6.07, 6.45) is 9.86. The van der Waals surface area contributed by atoms with E-state index < -0.39 is 0 Å². The Labute approximate surface area is 69.7 Å². The summed E-state index contributed by atoms with van der Waals surface area (Å²) >= 11 is 0. The third-order valence-electron chi connectivity index (χ3n) is 2.32. The van der Waals surface area contributed by atoms with Gasteiger partial charge in [0.1, 0.15) is 0 Å². The molecular formula is C10H19N. The van der Waals surface area contributed by atoms with Gasteiger partial charge in [0, 0.05) is 6.04 Å². The van der Waals surface area contributed by atoms with Gasteiger partial charge in [-0.1, -0.05) is 25.0 Å². The molecule has 1 atom stereocenters. The molecule has 0 heterocycles. The molecule has 0 aromatic heterocycles. The molecule has 1 nitrogen and oxygen atoms in total. The van der Waals surface area contributed by atoms with Crippen LogP contribution in [0.1, 0.15) is 45.4 Å². The highest BCUT2D eigenvalue weighted by molar-refractivity contribution is 5.08. The minimum atomic E-state index is 0.421. The number of hydrogen-bond donors (Lipinski definition) is 1. The Hall–Kier alpha value is -0.300. The number of rotatable bonds is 4. The van der Waals surface area contributed by atoms with Crippen LogP contribution in [0.4, 0.5) is 0 Å². The molecule has 64 valence electrons. The Morgan fingerprint density at radius 3 is 3.00 bits per heavy atom. The van der Waals surface area contributed by atoms with Gasteiger partial charge in [-0.15, -0.1) is 0 Å². The maximum absolute atomic E-state index is 5.92. The van der Waals surface area contributed by atoms with Gasteiger partial charge in [0.25, 0.3) is 0 Å². The van der Waals surface area contributed by atoms with Gasteiger partial charge in [-0.3, -0.25) is 0 Å². The lowest BCUT2D eigenvalue weighted by Crippen LogP contribution is -2.19. The van der Waals surface area contributed by atoms with Crippen molar-refractivity contribution >= 4 is 0 Å². The van der Waals surface area contributed by atoms with Crippen LogP contribution in [0.3, 0.4) is 0 Å². The first-order valence-corrected chi connectivity index (χ1v) is 4.76. The molecule has 0 fully saturated rings. The highest BCUT2D eigenvalue weighted by Gasteiger charge is 2.08. The molecule has 0 aromatic carbocycles. The summed E-state index contributed by atoms with van der Waals surface area (Å²) in [6.45, 7) is 2.20. The van der Waals surface area contributed by atoms with Gasteiger partial charge in [0.05, 0.1) is 0 Å². The van der Waals surface area contributed by atoms with Crippen molar-refractivity contribution in [1.29, 1.82) is 0 Å². The molecule has 0 aliphatic heterocycles. The lowest BCUT2D eigenvalue weighted by atomic mass is 10.0. The Morgan fingerprint density at radius 1 is 1.64 bits per heavy atom. The molecule has 0 aromatic rings. The third kappa shape index (κ3) is 3.06. The second kappa shape index (κ2) is 4.55. The van der Waals surface area contributed by atoms with Crippen LogP contribution in [0.5, 0.6) is 0 Å². The fraction of sp³-hybridized carbons (Fsp3) is 0.800. The summed E-state index contributed by atoms with van der Waals surface area (Å²) < 4.78 is 0. The zero-order valence-corrected chi connectivity index (χ0v) is 7.47. The minimum Gasteiger partial charge on any atom is -0.327 e. The van der Waals surface area contributed by atoms with E-state index >= 15 is 0 Å². The van der Waals surface area contributed by atoms with Gasteiger partial charge in [0.2, 0.25) is 0 Å². The first kappa shape index (κ1) is 8.79. The van der Waals surface area contributed by atoms with E-state index in [-0.39, 0.29) is 0 Å². The van der Waals surface area contributed by atoms with Gasteiger partial charge < -0.3 is 5.73 Å². The maximum atomic E-state index is 5.92. The van der Waals surface area contributed by atoms with E-state index in [4.69, 9.17) is 5.73 Å². The molecule has 1 aliphatic rings. The fourth-order valence-electron chi connectivity index (χ4n) is 1.73. The van der Waals surface area contributed by atoms with Crippen LogP contribution in [0.25, 0.3) is 0 Å². The van der Waals surface area contributed by atoms with Crippen molar-refractivity contribution in [1.82, 2.24) is 0 Å². The highest BCUT2D eigenvalue weighted by atomic mass is 14.6. The van der Waals surface area contributed by atoms with E-state index in [9.17, 15) is 0 Å². The van der Waals surface area contributed by atoms with E-state index in [0.717, 1.165) is 6.42 Å². The zero-order chi connectivity index (χ0) is 8.10. The van der Waals surface area contributed by atoms with E-state index in [1.165, 1.54) is 32.1 Å². The van der Waals surface area contributed by atoms with Gasteiger partial charge in [-0.05, 0) is 32.1 Å². The molecule has 11 heavy (non-hydrogen) atoms. The Bertz CT molecular complexity index is 138. The topological polar surface area (TPSA) is 26.0 Å². The molecule has 1 heteroatoms. The van der Waals surface area contributed by atoms with Crippen LogP contribution >= 0.6 is 0 Å². The molecule has 1 aliphatic carbocycles. The molecule has 0 amide bonds. The predicted octanol–water partition coefficient (Wildman–Crippen LogP) is 2.61. The zero-order valence-electron chi connectivity index (χ0n) is 7.47. The van der Waals surface area contributed by atoms with Crippen molar-refractivity contribution in [3.05, 3.63) is 11.6 Å². The summed E-state index contributed by atoms with van der Waals surface area (Å²) in [5.41, 5.74) is 7.53. The smallest absolute Gasteiger partial charge is 0.00759 e. The largest absolute Gasteiger partial charge is 0.327 e. The summed E-state index contributed by atoms with van der Waals surface area (Å²) in [4.78, 5) is 0. The Balaban J connectivity index is 2.18. The fourth-order valence-corrected chi connectivity index (χ4v) is 1.73. The van der Waals surface area contributed by atoms with Crippen LogP contribution in [0.15, 0.2) is 11.6 Å². The third-order valence-corrected chi connectivity index (χ3v) is 2.32. The number of hydrogen-bond acceptors (Lipinski definition) is 1. The van der Waals surface area contributed by atoms with E-state index in [1.54, 1.807) is 5.57 Å². The van der Waals surface area contributed by atoms with Crippen molar-refractivity contribution in [2.45, 2.75) is 51.5 Å². The Kier molecular flexibility index (Phi) is 3.64. The van der Waals surface area contributed by atoms with Crippen molar-refractivity contribution in [3.63, 3.8) is 0 Å². The van der Waals surface area contributed by atoms with Gasteiger partial charge in [-0.2, -0.15) is 0 Å². The molecule has 1 rings (SSSR count). The molecule has 0 radical (unpaired) electrons. The average molecular weight is 153 g/mol. The molecule has 2 N–H and O–H groups in total. The molecule has 0 saturated carbocycles. The summed E-state index contributed by atoms with van der Waals surface area (Å²) in [5.74, 6) is 0. The SMILES string of the molecule is CCCC(N)CC1=CCCC1. The maximum Gasteiger partial charge on any atom is 0.00759 e. The molecule has 0 spiro atoms. The first-order chi connectivity index (χ1) is 5.33. The molecular weight excluding hydrogens is 134 g/mol. The van der Waals surface area contributed by atoms with E-state index in [0.29, 0.717) is 6.04 Å². The van der Waals surface area contributed by atoms with Crippen LogP contribution < -0.4 is 5.73 Å².